The molecule has 0 saturated carbocycles. The summed E-state index contributed by atoms with van der Waals surface area (Å²) >= 11 is 0. The molecule has 2 aliphatic rings. The highest BCUT2D eigenvalue weighted by atomic mass is 32.2. The second kappa shape index (κ2) is 5.31. The van der Waals surface area contributed by atoms with Crippen LogP contribution in [-0.4, -0.2) is 21.6 Å². The predicted octanol–water partition coefficient (Wildman–Crippen LogP) is 1.68. The SMILES string of the molecule is COS(=O)(=O)NC(=O)Nc1c2c(cc3c1CCC3)CCC2. The third-order valence-electron chi connectivity index (χ3n) is 4.15. The number of hydrogen-bond donors (Lipinski definition) is 2. The van der Waals surface area contributed by atoms with Gasteiger partial charge in [-0.3, -0.25) is 4.18 Å². The van der Waals surface area contributed by atoms with Gasteiger partial charge in [-0.2, -0.15) is 8.42 Å². The van der Waals surface area contributed by atoms with E-state index in [2.05, 4.69) is 15.6 Å². The number of nitrogens with one attached hydrogen (secondary N) is 2. The second-order valence-corrected chi connectivity index (χ2v) is 6.86. The third-order valence-corrected chi connectivity index (χ3v) is 5.02. The maximum absolute atomic E-state index is 11.9. The highest BCUT2D eigenvalue weighted by molar-refractivity contribution is 7.85. The van der Waals surface area contributed by atoms with E-state index in [9.17, 15) is 13.2 Å². The lowest BCUT2D eigenvalue weighted by Gasteiger charge is -2.16. The molecule has 0 atom stereocenters. The van der Waals surface area contributed by atoms with Gasteiger partial charge in [-0.25, -0.2) is 9.52 Å². The molecule has 0 fully saturated rings. The Hall–Kier alpha value is -1.60. The molecule has 0 heterocycles. The van der Waals surface area contributed by atoms with Gasteiger partial charge >= 0.3 is 16.3 Å². The first-order valence-electron chi connectivity index (χ1n) is 7.06. The molecular formula is C14H18N2O4S. The maximum Gasteiger partial charge on any atom is 0.363 e. The molecular weight excluding hydrogens is 292 g/mol. The van der Waals surface area contributed by atoms with E-state index in [0.717, 1.165) is 62.4 Å². The molecule has 0 saturated heterocycles. The summed E-state index contributed by atoms with van der Waals surface area (Å²) in [4.78, 5) is 11.9. The van der Waals surface area contributed by atoms with E-state index in [0.29, 0.717) is 0 Å². The Bertz CT molecular complexity index is 665. The van der Waals surface area contributed by atoms with Crippen LogP contribution in [0.3, 0.4) is 0 Å². The van der Waals surface area contributed by atoms with Gasteiger partial charge in [0, 0.05) is 5.69 Å². The summed E-state index contributed by atoms with van der Waals surface area (Å²) in [5.74, 6) is 0. The lowest BCUT2D eigenvalue weighted by atomic mass is 9.99. The topological polar surface area (TPSA) is 84.5 Å². The molecule has 2 N–H and O–H groups in total. The lowest BCUT2D eigenvalue weighted by Crippen LogP contribution is -2.35. The smallest absolute Gasteiger partial charge is 0.307 e. The van der Waals surface area contributed by atoms with E-state index >= 15 is 0 Å². The number of amides is 2. The molecule has 6 nitrogen and oxygen atoms in total. The Morgan fingerprint density at radius 3 is 2.19 bits per heavy atom. The van der Waals surface area contributed by atoms with Crippen molar-refractivity contribution in [3.63, 3.8) is 0 Å². The largest absolute Gasteiger partial charge is 0.363 e. The van der Waals surface area contributed by atoms with E-state index < -0.39 is 16.3 Å². The summed E-state index contributed by atoms with van der Waals surface area (Å²) in [6, 6.07) is 1.48. The van der Waals surface area contributed by atoms with E-state index in [1.54, 1.807) is 0 Å². The molecule has 114 valence electrons. The molecule has 1 aromatic carbocycles. The summed E-state index contributed by atoms with van der Waals surface area (Å²) < 4.78 is 28.6. The molecule has 2 aliphatic carbocycles. The highest BCUT2D eigenvalue weighted by Gasteiger charge is 2.25. The zero-order valence-corrected chi connectivity index (χ0v) is 12.7. The number of fused-ring (bicyclic) bond motifs is 2. The van der Waals surface area contributed by atoms with Gasteiger partial charge in [-0.15, -0.1) is 0 Å². The molecule has 0 unspecified atom stereocenters. The summed E-state index contributed by atoms with van der Waals surface area (Å²) in [5.41, 5.74) is 5.67. The molecule has 21 heavy (non-hydrogen) atoms. The van der Waals surface area contributed by atoms with Crippen LogP contribution in [0.15, 0.2) is 6.07 Å². The van der Waals surface area contributed by atoms with Gasteiger partial charge in [0.15, 0.2) is 0 Å². The quantitative estimate of drug-likeness (QED) is 0.889. The van der Waals surface area contributed by atoms with Gasteiger partial charge in [0.2, 0.25) is 0 Å². The minimum absolute atomic E-state index is 0.772. The Kier molecular flexibility index (Phi) is 3.62. The van der Waals surface area contributed by atoms with E-state index in [-0.39, 0.29) is 0 Å². The Labute approximate surface area is 124 Å². The fourth-order valence-corrected chi connectivity index (χ4v) is 3.62. The van der Waals surface area contributed by atoms with Crippen molar-refractivity contribution < 1.29 is 17.4 Å². The van der Waals surface area contributed by atoms with Crippen molar-refractivity contribution >= 4 is 22.0 Å². The molecule has 2 amide bonds. The van der Waals surface area contributed by atoms with E-state index in [4.69, 9.17) is 0 Å². The molecule has 7 heteroatoms. The van der Waals surface area contributed by atoms with Crippen LogP contribution >= 0.6 is 0 Å². The van der Waals surface area contributed by atoms with Crippen LogP contribution < -0.4 is 10.0 Å². The Balaban J connectivity index is 1.91. The summed E-state index contributed by atoms with van der Waals surface area (Å²) in [6.45, 7) is 0. The number of rotatable bonds is 3. The van der Waals surface area contributed by atoms with Crippen molar-refractivity contribution in [2.24, 2.45) is 0 Å². The molecule has 1 aromatic rings. The monoisotopic (exact) mass is 310 g/mol. The van der Waals surface area contributed by atoms with Crippen LogP contribution in [0.4, 0.5) is 10.5 Å². The molecule has 0 spiro atoms. The number of hydrogen-bond acceptors (Lipinski definition) is 4. The van der Waals surface area contributed by atoms with Crippen molar-refractivity contribution in [2.75, 3.05) is 12.4 Å². The van der Waals surface area contributed by atoms with Gasteiger partial charge < -0.3 is 5.32 Å². The summed E-state index contributed by atoms with van der Waals surface area (Å²) in [5, 5.41) is 2.72. The number of aryl methyl sites for hydroxylation is 2. The van der Waals surface area contributed by atoms with Crippen LogP contribution in [0, 0.1) is 0 Å². The fraction of sp³-hybridized carbons (Fsp3) is 0.500. The van der Waals surface area contributed by atoms with Crippen LogP contribution in [0.2, 0.25) is 0 Å². The fourth-order valence-electron chi connectivity index (χ4n) is 3.26. The van der Waals surface area contributed by atoms with Crippen molar-refractivity contribution in [1.82, 2.24) is 4.72 Å². The molecule has 0 radical (unpaired) electrons. The highest BCUT2D eigenvalue weighted by Crippen LogP contribution is 2.38. The zero-order chi connectivity index (χ0) is 15.0. The lowest BCUT2D eigenvalue weighted by molar-refractivity contribution is 0.255. The van der Waals surface area contributed by atoms with E-state index in [1.165, 1.54) is 11.1 Å². The number of urea groups is 1. The first-order valence-corrected chi connectivity index (χ1v) is 8.47. The van der Waals surface area contributed by atoms with Gasteiger partial charge in [0.05, 0.1) is 7.11 Å². The molecule has 0 bridgehead atoms. The molecule has 0 aromatic heterocycles. The minimum Gasteiger partial charge on any atom is -0.307 e. The summed E-state index contributed by atoms with van der Waals surface area (Å²) in [7, 11) is -3.02. The predicted molar refractivity (Wildman–Crippen MR) is 78.6 cm³/mol. The van der Waals surface area contributed by atoms with Crippen LogP contribution in [-0.2, 0) is 40.2 Å². The molecule has 3 rings (SSSR count). The van der Waals surface area contributed by atoms with Crippen molar-refractivity contribution in [2.45, 2.75) is 38.5 Å². The van der Waals surface area contributed by atoms with E-state index in [1.807, 2.05) is 4.72 Å². The van der Waals surface area contributed by atoms with Crippen molar-refractivity contribution in [1.29, 1.82) is 0 Å². The standard InChI is InChI=1S/C14H18N2O4S/c1-20-21(18,19)16-14(17)15-13-11-6-2-4-9(11)8-10-5-3-7-12(10)13/h8H,2-7H2,1H3,(H2,15,16,17). The normalized spacial score (nSPS) is 16.4. The number of carbonyl (C=O) groups is 1. The van der Waals surface area contributed by atoms with Crippen molar-refractivity contribution in [3.8, 4) is 0 Å². The van der Waals surface area contributed by atoms with Gasteiger partial charge in [-0.05, 0) is 60.8 Å². The Morgan fingerprint density at radius 2 is 1.67 bits per heavy atom. The second-order valence-electron chi connectivity index (χ2n) is 5.41. The third kappa shape index (κ3) is 2.75. The average molecular weight is 310 g/mol. The average Bonchev–Trinajstić information content (AvgIpc) is 3.06. The van der Waals surface area contributed by atoms with Crippen LogP contribution in [0.5, 0.6) is 0 Å². The number of benzene rings is 1. The molecule has 0 aliphatic heterocycles. The Morgan fingerprint density at radius 1 is 1.10 bits per heavy atom. The minimum atomic E-state index is -4.03. The zero-order valence-electron chi connectivity index (χ0n) is 11.9. The van der Waals surface area contributed by atoms with Gasteiger partial charge in [0.25, 0.3) is 0 Å². The first-order chi connectivity index (χ1) is 10.00. The van der Waals surface area contributed by atoms with Crippen molar-refractivity contribution in [3.05, 3.63) is 28.3 Å². The first kappa shape index (κ1) is 14.3. The summed E-state index contributed by atoms with van der Waals surface area (Å²) in [6.07, 6.45) is 6.05. The van der Waals surface area contributed by atoms with Gasteiger partial charge in [-0.1, -0.05) is 6.07 Å². The number of carbonyl (C=O) groups excluding carboxylic acids is 1. The van der Waals surface area contributed by atoms with Crippen LogP contribution in [0.25, 0.3) is 0 Å². The number of anilines is 1. The maximum atomic E-state index is 11.9. The van der Waals surface area contributed by atoms with Crippen LogP contribution in [0.1, 0.15) is 35.1 Å². The van der Waals surface area contributed by atoms with Gasteiger partial charge in [0.1, 0.15) is 0 Å².